The summed E-state index contributed by atoms with van der Waals surface area (Å²) in [4.78, 5) is 22.4. The normalized spacial score (nSPS) is 10.0. The quantitative estimate of drug-likeness (QED) is 0.797. The Morgan fingerprint density at radius 3 is 2.76 bits per heavy atom. The molecule has 0 aromatic heterocycles. The van der Waals surface area contributed by atoms with Crippen LogP contribution in [0.2, 0.25) is 0 Å². The number of methoxy groups -OCH3 is 1. The predicted molar refractivity (Wildman–Crippen MR) is 71.2 cm³/mol. The van der Waals surface area contributed by atoms with Crippen LogP contribution in [0.4, 0.5) is 5.69 Å². The lowest BCUT2D eigenvalue weighted by atomic mass is 10.2. The van der Waals surface area contributed by atoms with Gasteiger partial charge in [0.05, 0.1) is 24.3 Å². The standard InChI is InChI=1S/C11H12INO4/c1-17-5-4-10(14)13-9-3-2-7(12)6-8(9)11(15)16/h2-3,6H,4-5H2,1H3,(H,13,14)(H,15,16). The van der Waals surface area contributed by atoms with Crippen molar-refractivity contribution in [2.24, 2.45) is 0 Å². The van der Waals surface area contributed by atoms with E-state index in [2.05, 4.69) is 5.32 Å². The number of hydrogen-bond acceptors (Lipinski definition) is 3. The molecule has 0 radical (unpaired) electrons. The Bertz CT molecular complexity index is 433. The van der Waals surface area contributed by atoms with E-state index in [4.69, 9.17) is 9.84 Å². The highest BCUT2D eigenvalue weighted by molar-refractivity contribution is 14.1. The lowest BCUT2D eigenvalue weighted by Gasteiger charge is -2.08. The van der Waals surface area contributed by atoms with Gasteiger partial charge >= 0.3 is 5.97 Å². The van der Waals surface area contributed by atoms with Gasteiger partial charge in [0.2, 0.25) is 5.91 Å². The number of rotatable bonds is 5. The molecular weight excluding hydrogens is 337 g/mol. The summed E-state index contributed by atoms with van der Waals surface area (Å²) in [7, 11) is 1.50. The number of anilines is 1. The number of halogens is 1. The summed E-state index contributed by atoms with van der Waals surface area (Å²) in [5.41, 5.74) is 0.390. The van der Waals surface area contributed by atoms with Gasteiger partial charge in [-0.25, -0.2) is 4.79 Å². The Morgan fingerprint density at radius 1 is 1.47 bits per heavy atom. The fraction of sp³-hybridized carbons (Fsp3) is 0.273. The first-order chi connectivity index (χ1) is 8.04. The van der Waals surface area contributed by atoms with Crippen molar-refractivity contribution in [2.45, 2.75) is 6.42 Å². The van der Waals surface area contributed by atoms with Gasteiger partial charge in [0.15, 0.2) is 0 Å². The summed E-state index contributed by atoms with van der Waals surface area (Å²) < 4.78 is 5.57. The highest BCUT2D eigenvalue weighted by Crippen LogP contribution is 2.19. The minimum atomic E-state index is -1.06. The third kappa shape index (κ3) is 4.31. The number of nitrogens with one attached hydrogen (secondary N) is 1. The SMILES string of the molecule is COCCC(=O)Nc1ccc(I)cc1C(=O)O. The average molecular weight is 349 g/mol. The molecule has 0 aliphatic carbocycles. The Kier molecular flexibility index (Phi) is 5.36. The maximum absolute atomic E-state index is 11.4. The van der Waals surface area contributed by atoms with Gasteiger partial charge < -0.3 is 15.2 Å². The number of carboxylic acid groups (broad SMARTS) is 1. The zero-order chi connectivity index (χ0) is 12.8. The lowest BCUT2D eigenvalue weighted by molar-refractivity contribution is -0.117. The second-order valence-electron chi connectivity index (χ2n) is 3.29. The number of carbonyl (C=O) groups is 2. The fourth-order valence-corrected chi connectivity index (χ4v) is 1.70. The van der Waals surface area contributed by atoms with Crippen LogP contribution in [0, 0.1) is 3.57 Å². The molecule has 0 saturated carbocycles. The number of ether oxygens (including phenoxy) is 1. The molecule has 1 aromatic rings. The third-order valence-corrected chi connectivity index (χ3v) is 2.69. The van der Waals surface area contributed by atoms with E-state index in [0.717, 1.165) is 3.57 Å². The molecule has 0 heterocycles. The van der Waals surface area contributed by atoms with Crippen molar-refractivity contribution in [3.05, 3.63) is 27.3 Å². The number of aromatic carboxylic acids is 1. The number of carboxylic acids is 1. The molecule has 0 fully saturated rings. The topological polar surface area (TPSA) is 75.6 Å². The summed E-state index contributed by atoms with van der Waals surface area (Å²) in [6, 6.07) is 4.82. The van der Waals surface area contributed by atoms with E-state index in [0.29, 0.717) is 12.3 Å². The van der Waals surface area contributed by atoms with E-state index in [1.54, 1.807) is 12.1 Å². The fourth-order valence-electron chi connectivity index (χ4n) is 1.21. The number of hydrogen-bond donors (Lipinski definition) is 2. The van der Waals surface area contributed by atoms with E-state index in [1.165, 1.54) is 13.2 Å². The molecule has 0 unspecified atom stereocenters. The molecule has 17 heavy (non-hydrogen) atoms. The molecular formula is C11H12INO4. The van der Waals surface area contributed by atoms with Crippen molar-refractivity contribution in [2.75, 3.05) is 19.0 Å². The summed E-state index contributed by atoms with van der Waals surface area (Å²) in [6.45, 7) is 0.304. The Balaban J connectivity index is 2.83. The molecule has 0 aliphatic rings. The molecule has 5 nitrogen and oxygen atoms in total. The smallest absolute Gasteiger partial charge is 0.337 e. The van der Waals surface area contributed by atoms with E-state index in [-0.39, 0.29) is 17.9 Å². The van der Waals surface area contributed by atoms with Crippen LogP contribution in [0.3, 0.4) is 0 Å². The van der Waals surface area contributed by atoms with Crippen molar-refractivity contribution in [1.82, 2.24) is 0 Å². The zero-order valence-corrected chi connectivity index (χ0v) is 11.4. The van der Waals surface area contributed by atoms with Crippen LogP contribution in [-0.4, -0.2) is 30.7 Å². The molecule has 92 valence electrons. The Hall–Kier alpha value is -1.15. The molecule has 1 rings (SSSR count). The van der Waals surface area contributed by atoms with Gasteiger partial charge in [-0.1, -0.05) is 0 Å². The maximum Gasteiger partial charge on any atom is 0.337 e. The van der Waals surface area contributed by atoms with E-state index >= 15 is 0 Å². The maximum atomic E-state index is 11.4. The Morgan fingerprint density at radius 2 is 2.18 bits per heavy atom. The molecule has 0 spiro atoms. The summed E-state index contributed by atoms with van der Waals surface area (Å²) in [5, 5.41) is 11.6. The molecule has 0 saturated heterocycles. The minimum Gasteiger partial charge on any atom is -0.478 e. The predicted octanol–water partition coefficient (Wildman–Crippen LogP) is 1.96. The first-order valence-corrected chi connectivity index (χ1v) is 5.94. The minimum absolute atomic E-state index is 0.0858. The number of amides is 1. The number of benzene rings is 1. The van der Waals surface area contributed by atoms with Crippen molar-refractivity contribution in [3.8, 4) is 0 Å². The van der Waals surface area contributed by atoms with Gasteiger partial charge in [0, 0.05) is 10.7 Å². The van der Waals surface area contributed by atoms with Crippen LogP contribution in [0.5, 0.6) is 0 Å². The third-order valence-electron chi connectivity index (χ3n) is 2.02. The highest BCUT2D eigenvalue weighted by Gasteiger charge is 2.12. The second-order valence-corrected chi connectivity index (χ2v) is 4.53. The first-order valence-electron chi connectivity index (χ1n) is 4.86. The number of carbonyl (C=O) groups excluding carboxylic acids is 1. The first kappa shape index (κ1) is 13.9. The summed E-state index contributed by atoms with van der Waals surface area (Å²) >= 11 is 2.02. The van der Waals surface area contributed by atoms with Gasteiger partial charge in [-0.15, -0.1) is 0 Å². The molecule has 0 atom stereocenters. The van der Waals surface area contributed by atoms with Crippen LogP contribution in [0.25, 0.3) is 0 Å². The highest BCUT2D eigenvalue weighted by atomic mass is 127. The zero-order valence-electron chi connectivity index (χ0n) is 9.20. The largest absolute Gasteiger partial charge is 0.478 e. The van der Waals surface area contributed by atoms with Crippen LogP contribution in [0.15, 0.2) is 18.2 Å². The molecule has 1 amide bonds. The molecule has 0 bridgehead atoms. The molecule has 6 heteroatoms. The van der Waals surface area contributed by atoms with Gasteiger partial charge in [0.1, 0.15) is 0 Å². The molecule has 0 aliphatic heterocycles. The Labute approximate surface area is 112 Å². The monoisotopic (exact) mass is 349 g/mol. The second kappa shape index (κ2) is 6.55. The van der Waals surface area contributed by atoms with Crippen LogP contribution >= 0.6 is 22.6 Å². The van der Waals surface area contributed by atoms with Gasteiger partial charge in [0.25, 0.3) is 0 Å². The van der Waals surface area contributed by atoms with Crippen LogP contribution in [-0.2, 0) is 9.53 Å². The van der Waals surface area contributed by atoms with E-state index in [1.807, 2.05) is 22.6 Å². The lowest BCUT2D eigenvalue weighted by Crippen LogP contribution is -2.16. The van der Waals surface area contributed by atoms with Gasteiger partial charge in [-0.3, -0.25) is 4.79 Å². The van der Waals surface area contributed by atoms with E-state index in [9.17, 15) is 9.59 Å². The van der Waals surface area contributed by atoms with Crippen LogP contribution in [0.1, 0.15) is 16.8 Å². The van der Waals surface area contributed by atoms with Gasteiger partial charge in [-0.2, -0.15) is 0 Å². The summed E-state index contributed by atoms with van der Waals surface area (Å²) in [6.07, 6.45) is 0.196. The molecule has 2 N–H and O–H groups in total. The van der Waals surface area contributed by atoms with Crippen LogP contribution < -0.4 is 5.32 Å². The average Bonchev–Trinajstić information content (AvgIpc) is 2.28. The molecule has 1 aromatic carbocycles. The van der Waals surface area contributed by atoms with Crippen molar-refractivity contribution in [3.63, 3.8) is 0 Å². The van der Waals surface area contributed by atoms with E-state index < -0.39 is 5.97 Å². The van der Waals surface area contributed by atoms with Crippen molar-refractivity contribution >= 4 is 40.2 Å². The summed E-state index contributed by atoms with van der Waals surface area (Å²) in [5.74, 6) is -1.33. The van der Waals surface area contributed by atoms with Gasteiger partial charge in [-0.05, 0) is 40.8 Å². The van der Waals surface area contributed by atoms with Crippen molar-refractivity contribution < 1.29 is 19.4 Å². The van der Waals surface area contributed by atoms with Crippen molar-refractivity contribution in [1.29, 1.82) is 0 Å².